The second kappa shape index (κ2) is 4.44. The number of halogens is 1. The van der Waals surface area contributed by atoms with E-state index in [1.807, 2.05) is 31.2 Å². The van der Waals surface area contributed by atoms with Crippen LogP contribution < -0.4 is 0 Å². The maximum absolute atomic E-state index is 4.00. The lowest BCUT2D eigenvalue weighted by atomic mass is 10.1. The van der Waals surface area contributed by atoms with Crippen molar-refractivity contribution in [2.45, 2.75) is 12.3 Å². The number of rotatable bonds is 2. The van der Waals surface area contributed by atoms with Crippen molar-refractivity contribution in [3.63, 3.8) is 0 Å². The van der Waals surface area contributed by atoms with E-state index < -0.39 is 0 Å². The van der Waals surface area contributed by atoms with Crippen molar-refractivity contribution in [1.82, 2.24) is 20.4 Å². The second-order valence-electron chi connectivity index (χ2n) is 3.14. The average molecular weight is 265 g/mol. The topological polar surface area (TPSA) is 51.6 Å². The fourth-order valence-electron chi connectivity index (χ4n) is 1.12. The van der Waals surface area contributed by atoms with Gasteiger partial charge < -0.3 is 0 Å². The molecule has 76 valence electrons. The van der Waals surface area contributed by atoms with Crippen molar-refractivity contribution in [1.29, 1.82) is 0 Å². The molecule has 0 saturated heterocycles. The predicted octanol–water partition coefficient (Wildman–Crippen LogP) is 2.14. The number of hydrogen-bond acceptors (Lipinski definition) is 4. The number of hydrogen-bond donors (Lipinski definition) is 0. The van der Waals surface area contributed by atoms with Gasteiger partial charge in [0.1, 0.15) is 0 Å². The van der Waals surface area contributed by atoms with Gasteiger partial charge in [0.25, 0.3) is 0 Å². The smallest absolute Gasteiger partial charge is 0.130 e. The molecule has 5 heteroatoms. The van der Waals surface area contributed by atoms with Crippen molar-refractivity contribution in [2.75, 3.05) is 0 Å². The van der Waals surface area contributed by atoms with Crippen LogP contribution in [0.4, 0.5) is 0 Å². The van der Waals surface area contributed by atoms with Crippen LogP contribution in [0.3, 0.4) is 0 Å². The molecule has 1 aromatic carbocycles. The zero-order chi connectivity index (χ0) is 10.7. The lowest BCUT2D eigenvalue weighted by molar-refractivity contribution is 0.811. The molecule has 0 atom stereocenters. The minimum Gasteiger partial charge on any atom is -0.130 e. The Morgan fingerprint density at radius 2 is 1.60 bits per heavy atom. The molecule has 2 rings (SSSR count). The first-order valence-electron chi connectivity index (χ1n) is 4.49. The van der Waals surface area contributed by atoms with E-state index in [-0.39, 0.29) is 0 Å². The molecule has 0 saturated carbocycles. The van der Waals surface area contributed by atoms with Crippen molar-refractivity contribution in [3.8, 4) is 11.4 Å². The number of benzene rings is 1. The molecule has 4 nitrogen and oxygen atoms in total. The summed E-state index contributed by atoms with van der Waals surface area (Å²) >= 11 is 3.24. The maximum Gasteiger partial charge on any atom is 0.203 e. The van der Waals surface area contributed by atoms with Crippen LogP contribution in [0.15, 0.2) is 24.3 Å². The third-order valence-electron chi connectivity index (χ3n) is 1.95. The molecular formula is C10H9BrN4. The van der Waals surface area contributed by atoms with Crippen LogP contribution in [-0.4, -0.2) is 20.4 Å². The first kappa shape index (κ1) is 10.2. The molecule has 0 fully saturated rings. The van der Waals surface area contributed by atoms with Gasteiger partial charge in [-0.25, -0.2) is 0 Å². The third-order valence-corrected chi connectivity index (χ3v) is 2.45. The van der Waals surface area contributed by atoms with Crippen LogP contribution in [0, 0.1) is 6.92 Å². The van der Waals surface area contributed by atoms with Crippen molar-refractivity contribution < 1.29 is 0 Å². The van der Waals surface area contributed by atoms with Gasteiger partial charge in [-0.1, -0.05) is 45.8 Å². The molecule has 15 heavy (non-hydrogen) atoms. The van der Waals surface area contributed by atoms with Crippen LogP contribution in [0.1, 0.15) is 11.4 Å². The second-order valence-corrected chi connectivity index (χ2v) is 3.70. The van der Waals surface area contributed by atoms with Gasteiger partial charge in [0.2, 0.25) is 5.82 Å². The Bertz CT molecular complexity index is 438. The highest BCUT2D eigenvalue weighted by molar-refractivity contribution is 9.08. The maximum atomic E-state index is 4.00. The van der Waals surface area contributed by atoms with Crippen LogP contribution in [0.5, 0.6) is 0 Å². The number of aromatic nitrogens is 4. The van der Waals surface area contributed by atoms with E-state index in [0.29, 0.717) is 17.0 Å². The van der Waals surface area contributed by atoms with Crippen LogP contribution >= 0.6 is 15.9 Å². The molecule has 0 N–H and O–H groups in total. The van der Waals surface area contributed by atoms with Crippen molar-refractivity contribution in [2.24, 2.45) is 0 Å². The average Bonchev–Trinajstić information content (AvgIpc) is 2.30. The SMILES string of the molecule is Cc1ccc(-c2nnc(CBr)nn2)cc1. The Morgan fingerprint density at radius 3 is 2.13 bits per heavy atom. The molecule has 2 aromatic rings. The molecule has 0 unspecified atom stereocenters. The van der Waals surface area contributed by atoms with Gasteiger partial charge in [-0.2, -0.15) is 0 Å². The normalized spacial score (nSPS) is 10.3. The fourth-order valence-corrected chi connectivity index (χ4v) is 1.35. The lowest BCUT2D eigenvalue weighted by Crippen LogP contribution is -2.00. The summed E-state index contributed by atoms with van der Waals surface area (Å²) in [5.74, 6) is 1.14. The molecule has 0 spiro atoms. The number of aryl methyl sites for hydroxylation is 1. The summed E-state index contributed by atoms with van der Waals surface area (Å²) in [6, 6.07) is 7.94. The zero-order valence-electron chi connectivity index (χ0n) is 8.18. The van der Waals surface area contributed by atoms with Crippen molar-refractivity contribution >= 4 is 15.9 Å². The zero-order valence-corrected chi connectivity index (χ0v) is 9.77. The highest BCUT2D eigenvalue weighted by Crippen LogP contribution is 2.13. The van der Waals surface area contributed by atoms with Crippen molar-refractivity contribution in [3.05, 3.63) is 35.7 Å². The molecule has 0 amide bonds. The van der Waals surface area contributed by atoms with Gasteiger partial charge in [-0.05, 0) is 6.92 Å². The summed E-state index contributed by atoms with van der Waals surface area (Å²) < 4.78 is 0. The van der Waals surface area contributed by atoms with Gasteiger partial charge in [-0.15, -0.1) is 20.4 Å². The first-order chi connectivity index (χ1) is 7.29. The van der Waals surface area contributed by atoms with Gasteiger partial charge in [0, 0.05) is 5.56 Å². The van der Waals surface area contributed by atoms with E-state index in [1.54, 1.807) is 0 Å². The Kier molecular flexibility index (Phi) is 3.01. The highest BCUT2D eigenvalue weighted by atomic mass is 79.9. The molecule has 1 heterocycles. The van der Waals surface area contributed by atoms with Crippen LogP contribution in [0.25, 0.3) is 11.4 Å². The van der Waals surface area contributed by atoms with E-state index >= 15 is 0 Å². The van der Waals surface area contributed by atoms with E-state index in [2.05, 4.69) is 36.3 Å². The highest BCUT2D eigenvalue weighted by Gasteiger charge is 2.02. The molecule has 0 aliphatic rings. The predicted molar refractivity (Wildman–Crippen MR) is 60.4 cm³/mol. The molecule has 1 aromatic heterocycles. The quantitative estimate of drug-likeness (QED) is 0.780. The van der Waals surface area contributed by atoms with Crippen LogP contribution in [0.2, 0.25) is 0 Å². The fraction of sp³-hybridized carbons (Fsp3) is 0.200. The minimum absolute atomic E-state index is 0.555. The minimum atomic E-state index is 0.555. The summed E-state index contributed by atoms with van der Waals surface area (Å²) in [4.78, 5) is 0. The molecular weight excluding hydrogens is 256 g/mol. The first-order valence-corrected chi connectivity index (χ1v) is 5.61. The Labute approximate surface area is 95.9 Å². The van der Waals surface area contributed by atoms with Gasteiger partial charge in [-0.3, -0.25) is 0 Å². The summed E-state index contributed by atoms with van der Waals surface area (Å²) in [6.45, 7) is 2.04. The molecule has 0 bridgehead atoms. The summed E-state index contributed by atoms with van der Waals surface area (Å²) in [7, 11) is 0. The largest absolute Gasteiger partial charge is 0.203 e. The Morgan fingerprint density at radius 1 is 1.00 bits per heavy atom. The van der Waals surface area contributed by atoms with E-state index in [0.717, 1.165) is 5.56 Å². The van der Waals surface area contributed by atoms with Crippen LogP contribution in [-0.2, 0) is 5.33 Å². The number of alkyl halides is 1. The summed E-state index contributed by atoms with van der Waals surface area (Å²) in [6.07, 6.45) is 0. The summed E-state index contributed by atoms with van der Waals surface area (Å²) in [5.41, 5.74) is 2.14. The Balaban J connectivity index is 2.33. The van der Waals surface area contributed by atoms with E-state index in [1.165, 1.54) is 5.56 Å². The molecule has 0 radical (unpaired) electrons. The van der Waals surface area contributed by atoms with E-state index in [9.17, 15) is 0 Å². The summed E-state index contributed by atoms with van der Waals surface area (Å²) in [5, 5.41) is 16.4. The van der Waals surface area contributed by atoms with Gasteiger partial charge in [0.05, 0.1) is 5.33 Å². The number of nitrogens with zero attached hydrogens (tertiary/aromatic N) is 4. The molecule has 0 aliphatic heterocycles. The van der Waals surface area contributed by atoms with E-state index in [4.69, 9.17) is 0 Å². The molecule has 0 aliphatic carbocycles. The van der Waals surface area contributed by atoms with Gasteiger partial charge in [0.15, 0.2) is 5.82 Å². The third kappa shape index (κ3) is 2.36. The van der Waals surface area contributed by atoms with Gasteiger partial charge >= 0.3 is 0 Å². The lowest BCUT2D eigenvalue weighted by Gasteiger charge is -1.98. The standard InChI is InChI=1S/C10H9BrN4/c1-7-2-4-8(5-3-7)10-14-12-9(6-11)13-15-10/h2-5H,6H2,1H3. The Hall–Kier alpha value is -1.36. The monoisotopic (exact) mass is 264 g/mol.